The van der Waals surface area contributed by atoms with Crippen LogP contribution in [0.4, 0.5) is 0 Å². The molecule has 19 heavy (non-hydrogen) atoms. The van der Waals surface area contributed by atoms with Crippen LogP contribution >= 0.6 is 0 Å². The van der Waals surface area contributed by atoms with Gasteiger partial charge in [-0.2, -0.15) is 17.4 Å². The second-order valence-electron chi connectivity index (χ2n) is 5.55. The largest absolute Gasteiger partial charge is 0.396 e. The first-order valence-electron chi connectivity index (χ1n) is 7.01. The molecule has 2 N–H and O–H groups in total. The van der Waals surface area contributed by atoms with Crippen molar-refractivity contribution in [2.24, 2.45) is 5.92 Å². The molecule has 112 valence electrons. The van der Waals surface area contributed by atoms with Crippen LogP contribution in [0.15, 0.2) is 0 Å². The summed E-state index contributed by atoms with van der Waals surface area (Å²) in [5.41, 5.74) is 0. The molecule has 0 amide bonds. The molecule has 2 aliphatic heterocycles. The number of hydrogen-bond donors (Lipinski definition) is 2. The molecule has 0 saturated carbocycles. The fraction of sp³-hybridized carbons (Fsp3) is 1.00. The second kappa shape index (κ2) is 6.49. The van der Waals surface area contributed by atoms with E-state index >= 15 is 0 Å². The minimum absolute atomic E-state index is 0.0238. The Kier molecular flexibility index (Phi) is 5.19. The van der Waals surface area contributed by atoms with Crippen LogP contribution in [-0.4, -0.2) is 56.3 Å². The van der Waals surface area contributed by atoms with E-state index in [2.05, 4.69) is 4.72 Å². The van der Waals surface area contributed by atoms with E-state index in [1.54, 1.807) is 0 Å². The van der Waals surface area contributed by atoms with Crippen molar-refractivity contribution >= 4 is 10.2 Å². The summed E-state index contributed by atoms with van der Waals surface area (Å²) in [4.78, 5) is 0. The molecular formula is C12H24N2O4S. The monoisotopic (exact) mass is 292 g/mol. The van der Waals surface area contributed by atoms with E-state index in [-0.39, 0.29) is 24.7 Å². The maximum Gasteiger partial charge on any atom is 0.279 e. The molecular weight excluding hydrogens is 268 g/mol. The number of piperidine rings is 1. The molecule has 0 radical (unpaired) electrons. The molecule has 2 unspecified atom stereocenters. The van der Waals surface area contributed by atoms with E-state index in [4.69, 9.17) is 9.84 Å². The lowest BCUT2D eigenvalue weighted by Gasteiger charge is -2.33. The molecule has 2 rings (SSSR count). The van der Waals surface area contributed by atoms with E-state index in [0.29, 0.717) is 19.7 Å². The molecule has 2 atom stereocenters. The third-order valence-electron chi connectivity index (χ3n) is 3.97. The highest BCUT2D eigenvalue weighted by molar-refractivity contribution is 7.87. The summed E-state index contributed by atoms with van der Waals surface area (Å²) in [5, 5.41) is 9.07. The fourth-order valence-corrected chi connectivity index (χ4v) is 4.20. The zero-order valence-corrected chi connectivity index (χ0v) is 12.2. The Hall–Kier alpha value is -0.210. The van der Waals surface area contributed by atoms with Gasteiger partial charge >= 0.3 is 0 Å². The van der Waals surface area contributed by atoms with Crippen molar-refractivity contribution in [3.05, 3.63) is 0 Å². The lowest BCUT2D eigenvalue weighted by molar-refractivity contribution is 0.0170. The molecule has 0 bridgehead atoms. The number of rotatable bonds is 4. The zero-order valence-electron chi connectivity index (χ0n) is 11.4. The van der Waals surface area contributed by atoms with E-state index in [9.17, 15) is 8.42 Å². The summed E-state index contributed by atoms with van der Waals surface area (Å²) in [6.07, 6.45) is 3.05. The van der Waals surface area contributed by atoms with Gasteiger partial charge < -0.3 is 9.84 Å². The van der Waals surface area contributed by atoms with Crippen LogP contribution in [-0.2, 0) is 14.9 Å². The van der Waals surface area contributed by atoms with Crippen LogP contribution in [0.1, 0.15) is 32.6 Å². The third-order valence-corrected chi connectivity index (χ3v) is 5.65. The van der Waals surface area contributed by atoms with Crippen LogP contribution < -0.4 is 4.72 Å². The SMILES string of the molecule is CC1CC(NS(=O)(=O)N2CCC(CO)CC2)CCO1. The van der Waals surface area contributed by atoms with Crippen LogP contribution in [0.25, 0.3) is 0 Å². The molecule has 7 heteroatoms. The number of nitrogens with zero attached hydrogens (tertiary/aromatic N) is 1. The lowest BCUT2D eigenvalue weighted by atomic mass is 10.00. The third kappa shape index (κ3) is 4.13. The highest BCUT2D eigenvalue weighted by atomic mass is 32.2. The van der Waals surface area contributed by atoms with Crippen molar-refractivity contribution in [3.8, 4) is 0 Å². The number of ether oxygens (including phenoxy) is 1. The predicted octanol–water partition coefficient (Wildman–Crippen LogP) is 0.0926. The van der Waals surface area contributed by atoms with E-state index in [1.165, 1.54) is 4.31 Å². The molecule has 0 spiro atoms. The Morgan fingerprint density at radius 3 is 2.58 bits per heavy atom. The molecule has 0 aromatic heterocycles. The second-order valence-corrected chi connectivity index (χ2v) is 7.25. The molecule has 2 fully saturated rings. The number of aliphatic hydroxyl groups excluding tert-OH is 1. The molecule has 2 aliphatic rings. The Balaban J connectivity index is 1.88. The van der Waals surface area contributed by atoms with Crippen molar-refractivity contribution in [1.82, 2.24) is 9.03 Å². The number of aliphatic hydroxyl groups is 1. The normalized spacial score (nSPS) is 31.5. The summed E-state index contributed by atoms with van der Waals surface area (Å²) < 4.78 is 34.2. The Morgan fingerprint density at radius 2 is 2.00 bits per heavy atom. The van der Waals surface area contributed by atoms with Gasteiger partial charge in [0, 0.05) is 32.3 Å². The van der Waals surface area contributed by atoms with Crippen LogP contribution in [0.2, 0.25) is 0 Å². The van der Waals surface area contributed by atoms with Gasteiger partial charge in [-0.1, -0.05) is 0 Å². The van der Waals surface area contributed by atoms with Gasteiger partial charge in [0.05, 0.1) is 6.10 Å². The van der Waals surface area contributed by atoms with Crippen LogP contribution in [0, 0.1) is 5.92 Å². The van der Waals surface area contributed by atoms with Gasteiger partial charge in [0.2, 0.25) is 0 Å². The van der Waals surface area contributed by atoms with Gasteiger partial charge in [-0.3, -0.25) is 0 Å². The van der Waals surface area contributed by atoms with E-state index in [0.717, 1.165) is 25.7 Å². The average Bonchev–Trinajstić information content (AvgIpc) is 2.38. The molecule has 6 nitrogen and oxygen atoms in total. The molecule has 0 aromatic rings. The molecule has 2 heterocycles. The van der Waals surface area contributed by atoms with Gasteiger partial charge in [0.15, 0.2) is 0 Å². The predicted molar refractivity (Wildman–Crippen MR) is 71.9 cm³/mol. The van der Waals surface area contributed by atoms with Crippen molar-refractivity contribution in [1.29, 1.82) is 0 Å². The van der Waals surface area contributed by atoms with Gasteiger partial charge in [0.1, 0.15) is 0 Å². The lowest BCUT2D eigenvalue weighted by Crippen LogP contribution is -2.50. The van der Waals surface area contributed by atoms with Crippen molar-refractivity contribution in [3.63, 3.8) is 0 Å². The summed E-state index contributed by atoms with van der Waals surface area (Å²) in [6.45, 7) is 3.73. The average molecular weight is 292 g/mol. The van der Waals surface area contributed by atoms with Crippen molar-refractivity contribution < 1.29 is 18.3 Å². The summed E-state index contributed by atoms with van der Waals surface area (Å²) >= 11 is 0. The minimum Gasteiger partial charge on any atom is -0.396 e. The molecule has 0 aromatic carbocycles. The Morgan fingerprint density at radius 1 is 1.32 bits per heavy atom. The maximum absolute atomic E-state index is 12.3. The Labute approximate surface area is 115 Å². The van der Waals surface area contributed by atoms with E-state index < -0.39 is 10.2 Å². The van der Waals surface area contributed by atoms with Gasteiger partial charge in [-0.15, -0.1) is 0 Å². The van der Waals surface area contributed by atoms with Crippen molar-refractivity contribution in [2.75, 3.05) is 26.3 Å². The first-order valence-corrected chi connectivity index (χ1v) is 8.45. The topological polar surface area (TPSA) is 78.9 Å². The quantitative estimate of drug-likeness (QED) is 0.770. The highest BCUT2D eigenvalue weighted by Gasteiger charge is 2.31. The first kappa shape index (κ1) is 15.2. The summed E-state index contributed by atoms with van der Waals surface area (Å²) in [6, 6.07) is -0.0238. The van der Waals surface area contributed by atoms with Crippen molar-refractivity contribution in [2.45, 2.75) is 44.8 Å². The zero-order chi connectivity index (χ0) is 13.9. The Bertz CT molecular complexity index is 379. The number of hydrogen-bond acceptors (Lipinski definition) is 4. The summed E-state index contributed by atoms with van der Waals surface area (Å²) in [7, 11) is -3.39. The molecule has 2 saturated heterocycles. The fourth-order valence-electron chi connectivity index (χ4n) is 2.72. The van der Waals surface area contributed by atoms with E-state index in [1.807, 2.05) is 6.92 Å². The van der Waals surface area contributed by atoms with Crippen LogP contribution in [0.3, 0.4) is 0 Å². The highest BCUT2D eigenvalue weighted by Crippen LogP contribution is 2.20. The van der Waals surface area contributed by atoms with Gasteiger partial charge in [0.25, 0.3) is 10.2 Å². The maximum atomic E-state index is 12.3. The van der Waals surface area contributed by atoms with Gasteiger partial charge in [-0.25, -0.2) is 0 Å². The van der Waals surface area contributed by atoms with Crippen LogP contribution in [0.5, 0.6) is 0 Å². The number of nitrogens with one attached hydrogen (secondary N) is 1. The smallest absolute Gasteiger partial charge is 0.279 e. The first-order chi connectivity index (χ1) is 9.01. The van der Waals surface area contributed by atoms with Gasteiger partial charge in [-0.05, 0) is 38.5 Å². The summed E-state index contributed by atoms with van der Waals surface area (Å²) in [5.74, 6) is 0.245. The minimum atomic E-state index is -3.39. The standard InChI is InChI=1S/C12H24N2O4S/c1-10-8-12(4-7-18-10)13-19(16,17)14-5-2-11(9-15)3-6-14/h10-13,15H,2-9H2,1H3. The molecule has 0 aliphatic carbocycles.